The molecule has 0 aliphatic heterocycles. The summed E-state index contributed by atoms with van der Waals surface area (Å²) in [6, 6.07) is 8.89. The van der Waals surface area contributed by atoms with Gasteiger partial charge >= 0.3 is 0 Å². The van der Waals surface area contributed by atoms with Crippen LogP contribution in [0.2, 0.25) is 0 Å². The van der Waals surface area contributed by atoms with Gasteiger partial charge in [0.15, 0.2) is 6.29 Å². The number of fused-ring (bicyclic) bond motifs is 1. The van der Waals surface area contributed by atoms with Crippen molar-refractivity contribution in [2.75, 3.05) is 6.61 Å². The van der Waals surface area contributed by atoms with Crippen LogP contribution < -0.4 is 4.74 Å². The third-order valence-electron chi connectivity index (χ3n) is 2.40. The molecule has 0 saturated carbocycles. The van der Waals surface area contributed by atoms with E-state index in [9.17, 15) is 9.90 Å². The minimum atomic E-state index is -0.866. The number of nitrogens with zero attached hydrogens (tertiary/aromatic N) is 1. The molecule has 94 valence electrons. The summed E-state index contributed by atoms with van der Waals surface area (Å²) in [5, 5.41) is 10.5. The highest BCUT2D eigenvalue weighted by Gasteiger charge is 2.13. The van der Waals surface area contributed by atoms with E-state index in [-0.39, 0.29) is 6.61 Å². The molecule has 1 aromatic carbocycles. The molecular weight excluding hydrogens is 230 g/mol. The first kappa shape index (κ1) is 12.5. The van der Waals surface area contributed by atoms with E-state index in [1.54, 1.807) is 32.0 Å². The zero-order valence-electron chi connectivity index (χ0n) is 10.4. The number of aldehydes is 1. The molecule has 0 spiro atoms. The molecule has 0 radical (unpaired) electrons. The van der Waals surface area contributed by atoms with Crippen molar-refractivity contribution in [3.05, 3.63) is 36.0 Å². The average Bonchev–Trinajstić information content (AvgIpc) is 2.34. The summed E-state index contributed by atoms with van der Waals surface area (Å²) in [5.41, 5.74) is 0.289. The first-order valence-electron chi connectivity index (χ1n) is 5.69. The maximum Gasteiger partial charge on any atom is 0.168 e. The number of carbonyl (C=O) groups excluding carboxylic acids is 1. The number of carbonyl (C=O) groups is 1. The van der Waals surface area contributed by atoms with Crippen molar-refractivity contribution in [3.63, 3.8) is 0 Å². The summed E-state index contributed by atoms with van der Waals surface area (Å²) < 4.78 is 5.49. The minimum absolute atomic E-state index is 0.221. The second kappa shape index (κ2) is 4.74. The molecule has 18 heavy (non-hydrogen) atoms. The summed E-state index contributed by atoms with van der Waals surface area (Å²) in [5.74, 6) is 0.672. The molecule has 2 aromatic rings. The summed E-state index contributed by atoms with van der Waals surface area (Å²) in [7, 11) is 0. The highest BCUT2D eigenvalue weighted by molar-refractivity contribution is 5.84. The summed E-state index contributed by atoms with van der Waals surface area (Å²) in [4.78, 5) is 14.8. The first-order valence-corrected chi connectivity index (χ1v) is 5.69. The Kier molecular flexibility index (Phi) is 3.30. The molecule has 1 aromatic heterocycles. The van der Waals surface area contributed by atoms with Gasteiger partial charge in [-0.2, -0.15) is 0 Å². The predicted octanol–water partition coefficient (Wildman–Crippen LogP) is 2.20. The Morgan fingerprint density at radius 1 is 1.33 bits per heavy atom. The highest BCUT2D eigenvalue weighted by atomic mass is 16.5. The second-order valence-electron chi connectivity index (χ2n) is 4.81. The van der Waals surface area contributed by atoms with Gasteiger partial charge in [0.25, 0.3) is 0 Å². The zero-order valence-corrected chi connectivity index (χ0v) is 10.4. The van der Waals surface area contributed by atoms with Crippen LogP contribution >= 0.6 is 0 Å². The maximum atomic E-state index is 10.6. The van der Waals surface area contributed by atoms with Crippen LogP contribution in [0.1, 0.15) is 24.3 Å². The van der Waals surface area contributed by atoms with E-state index in [4.69, 9.17) is 4.74 Å². The van der Waals surface area contributed by atoms with Gasteiger partial charge in [-0.3, -0.25) is 4.79 Å². The SMILES string of the molecule is CC(C)(O)COc1ccc2nc(C=O)ccc2c1. The topological polar surface area (TPSA) is 59.4 Å². The van der Waals surface area contributed by atoms with Crippen molar-refractivity contribution in [1.29, 1.82) is 0 Å². The molecule has 0 aliphatic rings. The molecule has 1 N–H and O–H groups in total. The normalized spacial score (nSPS) is 11.5. The van der Waals surface area contributed by atoms with E-state index in [1.807, 2.05) is 12.1 Å². The Balaban J connectivity index is 2.25. The second-order valence-corrected chi connectivity index (χ2v) is 4.81. The Bertz CT molecular complexity index is 573. The van der Waals surface area contributed by atoms with Gasteiger partial charge in [0, 0.05) is 5.39 Å². The molecule has 0 fully saturated rings. The first-order chi connectivity index (χ1) is 8.48. The van der Waals surface area contributed by atoms with Gasteiger partial charge in [-0.1, -0.05) is 6.07 Å². The summed E-state index contributed by atoms with van der Waals surface area (Å²) in [6.07, 6.45) is 0.720. The molecule has 0 aliphatic carbocycles. The fourth-order valence-electron chi connectivity index (χ4n) is 1.53. The summed E-state index contributed by atoms with van der Waals surface area (Å²) in [6.45, 7) is 3.59. The highest BCUT2D eigenvalue weighted by Crippen LogP contribution is 2.20. The molecule has 0 saturated heterocycles. The fraction of sp³-hybridized carbons (Fsp3) is 0.286. The van der Waals surface area contributed by atoms with Crippen molar-refractivity contribution < 1.29 is 14.6 Å². The quantitative estimate of drug-likeness (QED) is 0.839. The largest absolute Gasteiger partial charge is 0.491 e. The van der Waals surface area contributed by atoms with Crippen molar-refractivity contribution in [2.45, 2.75) is 19.4 Å². The van der Waals surface area contributed by atoms with Gasteiger partial charge in [0.2, 0.25) is 0 Å². The number of aromatic nitrogens is 1. The van der Waals surface area contributed by atoms with Crippen LogP contribution in [0, 0.1) is 0 Å². The number of ether oxygens (including phenoxy) is 1. The van der Waals surface area contributed by atoms with Crippen LogP contribution in [0.5, 0.6) is 5.75 Å². The van der Waals surface area contributed by atoms with E-state index in [2.05, 4.69) is 4.98 Å². The van der Waals surface area contributed by atoms with Crippen LogP contribution in [-0.2, 0) is 0 Å². The minimum Gasteiger partial charge on any atom is -0.491 e. The molecule has 0 bridgehead atoms. The molecular formula is C14H15NO3. The third-order valence-corrected chi connectivity index (χ3v) is 2.40. The van der Waals surface area contributed by atoms with Gasteiger partial charge in [-0.15, -0.1) is 0 Å². The van der Waals surface area contributed by atoms with E-state index in [0.29, 0.717) is 11.4 Å². The molecule has 1 heterocycles. The maximum absolute atomic E-state index is 10.6. The van der Waals surface area contributed by atoms with E-state index in [0.717, 1.165) is 17.2 Å². The van der Waals surface area contributed by atoms with E-state index in [1.165, 1.54) is 0 Å². The van der Waals surface area contributed by atoms with Gasteiger partial charge < -0.3 is 9.84 Å². The molecule has 0 unspecified atom stereocenters. The number of hydrogen-bond acceptors (Lipinski definition) is 4. The van der Waals surface area contributed by atoms with Crippen molar-refractivity contribution in [1.82, 2.24) is 4.98 Å². The van der Waals surface area contributed by atoms with Crippen molar-refractivity contribution in [3.8, 4) is 5.75 Å². The van der Waals surface area contributed by atoms with Gasteiger partial charge in [-0.05, 0) is 38.1 Å². The number of hydrogen-bond donors (Lipinski definition) is 1. The Morgan fingerprint density at radius 2 is 2.11 bits per heavy atom. The lowest BCUT2D eigenvalue weighted by molar-refractivity contribution is 0.0285. The third kappa shape index (κ3) is 3.05. The predicted molar refractivity (Wildman–Crippen MR) is 68.9 cm³/mol. The Labute approximate surface area is 105 Å². The van der Waals surface area contributed by atoms with Crippen LogP contribution in [0.25, 0.3) is 10.9 Å². The zero-order chi connectivity index (χ0) is 13.2. The lowest BCUT2D eigenvalue weighted by Gasteiger charge is -2.17. The fourth-order valence-corrected chi connectivity index (χ4v) is 1.53. The monoisotopic (exact) mass is 245 g/mol. The van der Waals surface area contributed by atoms with Gasteiger partial charge in [0.1, 0.15) is 18.1 Å². The van der Waals surface area contributed by atoms with Crippen LogP contribution in [0.3, 0.4) is 0 Å². The Hall–Kier alpha value is -1.94. The molecule has 0 atom stereocenters. The lowest BCUT2D eigenvalue weighted by atomic mass is 10.1. The molecule has 4 nitrogen and oxygen atoms in total. The van der Waals surface area contributed by atoms with Crippen LogP contribution in [0.4, 0.5) is 0 Å². The number of benzene rings is 1. The average molecular weight is 245 g/mol. The number of aliphatic hydroxyl groups is 1. The van der Waals surface area contributed by atoms with Crippen molar-refractivity contribution in [2.24, 2.45) is 0 Å². The summed E-state index contributed by atoms with van der Waals surface area (Å²) >= 11 is 0. The van der Waals surface area contributed by atoms with E-state index >= 15 is 0 Å². The van der Waals surface area contributed by atoms with Gasteiger partial charge in [0.05, 0.1) is 11.1 Å². The molecule has 4 heteroatoms. The Morgan fingerprint density at radius 3 is 2.78 bits per heavy atom. The molecule has 0 amide bonds. The number of rotatable bonds is 4. The van der Waals surface area contributed by atoms with Gasteiger partial charge in [-0.25, -0.2) is 4.98 Å². The van der Waals surface area contributed by atoms with E-state index < -0.39 is 5.60 Å². The van der Waals surface area contributed by atoms with Crippen LogP contribution in [0.15, 0.2) is 30.3 Å². The lowest BCUT2D eigenvalue weighted by Crippen LogP contribution is -2.27. The van der Waals surface area contributed by atoms with Crippen molar-refractivity contribution >= 4 is 17.2 Å². The number of pyridine rings is 1. The molecule has 2 rings (SSSR count). The standard InChI is InChI=1S/C14H15NO3/c1-14(2,17)9-18-12-5-6-13-10(7-12)3-4-11(8-16)15-13/h3-8,17H,9H2,1-2H3. The van der Waals surface area contributed by atoms with Crippen LogP contribution in [-0.4, -0.2) is 28.6 Å². The smallest absolute Gasteiger partial charge is 0.168 e.